The van der Waals surface area contributed by atoms with E-state index in [0.717, 1.165) is 28.2 Å². The second-order valence-corrected chi connectivity index (χ2v) is 9.19. The molecule has 1 spiro atoms. The Morgan fingerprint density at radius 3 is 2.25 bits per heavy atom. The second kappa shape index (κ2) is 6.93. The molecule has 0 aliphatic carbocycles. The quantitative estimate of drug-likeness (QED) is 0.787. The summed E-state index contributed by atoms with van der Waals surface area (Å²) < 4.78 is 55.2. The Morgan fingerprint density at radius 2 is 1.57 bits per heavy atom. The zero-order chi connectivity index (χ0) is 19.9. The van der Waals surface area contributed by atoms with Crippen molar-refractivity contribution in [3.8, 4) is 0 Å². The number of piperidine rings is 1. The molecule has 2 aromatic rings. The molecule has 2 aliphatic heterocycles. The lowest BCUT2D eigenvalue weighted by molar-refractivity contribution is -0.127. The third-order valence-corrected chi connectivity index (χ3v) is 7.54. The van der Waals surface area contributed by atoms with Crippen molar-refractivity contribution in [3.63, 3.8) is 0 Å². The van der Waals surface area contributed by atoms with Crippen LogP contribution in [-0.2, 0) is 14.8 Å². The topological polar surface area (TPSA) is 57.7 Å². The lowest BCUT2D eigenvalue weighted by atomic mass is 9.79. The monoisotopic (exact) mass is 406 g/mol. The summed E-state index contributed by atoms with van der Waals surface area (Å²) in [6.07, 6.45) is 1.52. The van der Waals surface area contributed by atoms with Crippen LogP contribution in [0.25, 0.3) is 0 Å². The van der Waals surface area contributed by atoms with E-state index in [1.54, 1.807) is 4.90 Å². The molecule has 1 amide bonds. The highest BCUT2D eigenvalue weighted by Crippen LogP contribution is 2.43. The van der Waals surface area contributed by atoms with E-state index in [4.69, 9.17) is 0 Å². The number of halogens is 2. The molecule has 4 rings (SSSR count). The Hall–Kier alpha value is -2.32. The van der Waals surface area contributed by atoms with Crippen molar-refractivity contribution in [3.05, 3.63) is 60.2 Å². The van der Waals surface area contributed by atoms with Gasteiger partial charge in [-0.1, -0.05) is 24.3 Å². The van der Waals surface area contributed by atoms with Crippen molar-refractivity contribution in [1.29, 1.82) is 0 Å². The summed E-state index contributed by atoms with van der Waals surface area (Å²) in [5.41, 5.74) is -0.0902. The van der Waals surface area contributed by atoms with Crippen molar-refractivity contribution in [2.24, 2.45) is 5.41 Å². The van der Waals surface area contributed by atoms with E-state index in [-0.39, 0.29) is 19.0 Å². The van der Waals surface area contributed by atoms with Crippen LogP contribution in [0.2, 0.25) is 0 Å². The number of nitrogens with zero attached hydrogens (tertiary/aromatic N) is 2. The SMILES string of the molecule is O=C1N(c2ccccc2)CCC12CCCN(S(=O)(=O)c1c(F)cccc1F)C2. The molecule has 0 bridgehead atoms. The van der Waals surface area contributed by atoms with Gasteiger partial charge in [0.15, 0.2) is 4.90 Å². The molecule has 2 heterocycles. The van der Waals surface area contributed by atoms with Crippen LogP contribution in [0.3, 0.4) is 0 Å². The zero-order valence-electron chi connectivity index (χ0n) is 15.1. The lowest BCUT2D eigenvalue weighted by Crippen LogP contribution is -2.50. The van der Waals surface area contributed by atoms with Crippen LogP contribution >= 0.6 is 0 Å². The molecular weight excluding hydrogens is 386 g/mol. The molecule has 0 N–H and O–H groups in total. The summed E-state index contributed by atoms with van der Waals surface area (Å²) in [5, 5.41) is 0. The molecule has 2 aliphatic rings. The van der Waals surface area contributed by atoms with Crippen molar-refractivity contribution in [2.45, 2.75) is 24.2 Å². The summed E-state index contributed by atoms with van der Waals surface area (Å²) in [6.45, 7) is 0.562. The van der Waals surface area contributed by atoms with Crippen LogP contribution in [0.1, 0.15) is 19.3 Å². The lowest BCUT2D eigenvalue weighted by Gasteiger charge is -2.38. The number of anilines is 1. The van der Waals surface area contributed by atoms with Gasteiger partial charge in [0.25, 0.3) is 0 Å². The summed E-state index contributed by atoms with van der Waals surface area (Å²) in [5.74, 6) is -2.38. The molecule has 1 atom stereocenters. The van der Waals surface area contributed by atoms with Crippen LogP contribution in [0.5, 0.6) is 0 Å². The van der Waals surface area contributed by atoms with Crippen molar-refractivity contribution in [2.75, 3.05) is 24.5 Å². The Bertz CT molecular complexity index is 993. The van der Waals surface area contributed by atoms with Gasteiger partial charge in [0.1, 0.15) is 11.6 Å². The summed E-state index contributed by atoms with van der Waals surface area (Å²) in [7, 11) is -4.38. The maximum Gasteiger partial charge on any atom is 0.248 e. The van der Waals surface area contributed by atoms with Crippen molar-refractivity contribution >= 4 is 21.6 Å². The predicted octanol–water partition coefficient (Wildman–Crippen LogP) is 3.17. The first-order valence-corrected chi connectivity index (χ1v) is 10.6. The number of hydrogen-bond acceptors (Lipinski definition) is 3. The highest BCUT2D eigenvalue weighted by molar-refractivity contribution is 7.89. The fraction of sp³-hybridized carbons (Fsp3) is 0.350. The molecule has 28 heavy (non-hydrogen) atoms. The highest BCUT2D eigenvalue weighted by atomic mass is 32.2. The van der Waals surface area contributed by atoms with Crippen molar-refractivity contribution < 1.29 is 22.0 Å². The van der Waals surface area contributed by atoms with Crippen LogP contribution in [0.15, 0.2) is 53.4 Å². The van der Waals surface area contributed by atoms with Gasteiger partial charge in [-0.25, -0.2) is 17.2 Å². The van der Waals surface area contributed by atoms with Gasteiger partial charge in [-0.15, -0.1) is 0 Å². The molecule has 5 nitrogen and oxygen atoms in total. The maximum absolute atomic E-state index is 14.1. The standard InChI is InChI=1S/C20H20F2N2O3S/c21-16-8-4-9-17(22)18(16)28(26,27)23-12-5-10-20(14-23)11-13-24(19(20)25)15-6-2-1-3-7-15/h1-4,6-9H,5,10-14H2. The minimum Gasteiger partial charge on any atom is -0.312 e. The van der Waals surface area contributed by atoms with Crippen LogP contribution in [0, 0.1) is 17.0 Å². The van der Waals surface area contributed by atoms with Gasteiger partial charge in [-0.05, 0) is 43.5 Å². The number of hydrogen-bond donors (Lipinski definition) is 0. The smallest absolute Gasteiger partial charge is 0.248 e. The molecule has 1 unspecified atom stereocenters. The number of rotatable bonds is 3. The molecular formula is C20H20F2N2O3S. The average molecular weight is 406 g/mol. The van der Waals surface area contributed by atoms with E-state index < -0.39 is 32.0 Å². The largest absolute Gasteiger partial charge is 0.312 e. The van der Waals surface area contributed by atoms with Crippen LogP contribution in [-0.4, -0.2) is 38.3 Å². The van der Waals surface area contributed by atoms with Gasteiger partial charge in [0.05, 0.1) is 5.41 Å². The summed E-state index contributed by atoms with van der Waals surface area (Å²) in [6, 6.07) is 12.2. The van der Waals surface area contributed by atoms with Gasteiger partial charge in [-0.2, -0.15) is 4.31 Å². The molecule has 2 fully saturated rings. The fourth-order valence-electron chi connectivity index (χ4n) is 4.21. The van der Waals surface area contributed by atoms with Gasteiger partial charge < -0.3 is 4.90 Å². The average Bonchev–Trinajstić information content (AvgIpc) is 2.98. The van der Waals surface area contributed by atoms with Gasteiger partial charge >= 0.3 is 0 Å². The molecule has 2 aromatic carbocycles. The number of amides is 1. The molecule has 0 radical (unpaired) electrons. The third kappa shape index (κ3) is 3.00. The van der Waals surface area contributed by atoms with E-state index in [2.05, 4.69) is 0 Å². The second-order valence-electron chi connectivity index (χ2n) is 7.32. The van der Waals surface area contributed by atoms with E-state index >= 15 is 0 Å². The number of carbonyl (C=O) groups excluding carboxylic acids is 1. The van der Waals surface area contributed by atoms with Gasteiger partial charge in [0, 0.05) is 25.3 Å². The molecule has 148 valence electrons. The summed E-state index contributed by atoms with van der Waals surface area (Å²) in [4.78, 5) is 13.9. The molecule has 0 aromatic heterocycles. The predicted molar refractivity (Wildman–Crippen MR) is 100 cm³/mol. The third-order valence-electron chi connectivity index (χ3n) is 5.64. The Labute approximate surface area is 162 Å². The minimum atomic E-state index is -4.38. The Kier molecular flexibility index (Phi) is 4.71. The maximum atomic E-state index is 14.1. The number of carbonyl (C=O) groups is 1. The van der Waals surface area contributed by atoms with Crippen molar-refractivity contribution in [1.82, 2.24) is 4.31 Å². The number of para-hydroxylation sites is 1. The fourth-order valence-corrected chi connectivity index (χ4v) is 5.88. The first-order valence-electron chi connectivity index (χ1n) is 9.16. The van der Waals surface area contributed by atoms with Crippen LogP contribution in [0.4, 0.5) is 14.5 Å². The summed E-state index contributed by atoms with van der Waals surface area (Å²) >= 11 is 0. The zero-order valence-corrected chi connectivity index (χ0v) is 16.0. The number of benzene rings is 2. The molecule has 0 saturated carbocycles. The Morgan fingerprint density at radius 1 is 0.893 bits per heavy atom. The minimum absolute atomic E-state index is 0.0642. The molecule has 8 heteroatoms. The van der Waals surface area contributed by atoms with E-state index in [1.165, 1.54) is 0 Å². The first kappa shape index (κ1) is 19.0. The first-order chi connectivity index (χ1) is 13.3. The number of sulfonamides is 1. The van der Waals surface area contributed by atoms with E-state index in [0.29, 0.717) is 25.8 Å². The van der Waals surface area contributed by atoms with E-state index in [9.17, 15) is 22.0 Å². The van der Waals surface area contributed by atoms with E-state index in [1.807, 2.05) is 30.3 Å². The Balaban J connectivity index is 1.64. The van der Waals surface area contributed by atoms with Gasteiger partial charge in [0.2, 0.25) is 15.9 Å². The normalized spacial score (nSPS) is 23.5. The molecule has 2 saturated heterocycles. The van der Waals surface area contributed by atoms with Gasteiger partial charge in [-0.3, -0.25) is 4.79 Å². The highest BCUT2D eigenvalue weighted by Gasteiger charge is 2.51. The van der Waals surface area contributed by atoms with Crippen LogP contribution < -0.4 is 4.90 Å².